The van der Waals surface area contributed by atoms with E-state index in [0.29, 0.717) is 24.1 Å². The van der Waals surface area contributed by atoms with E-state index in [9.17, 15) is 9.59 Å². The van der Waals surface area contributed by atoms with Crippen LogP contribution in [-0.2, 0) is 4.79 Å². The first kappa shape index (κ1) is 16.0. The first-order valence-corrected chi connectivity index (χ1v) is 7.75. The normalized spacial score (nSPS) is 20.9. The van der Waals surface area contributed by atoms with E-state index >= 15 is 0 Å². The third-order valence-electron chi connectivity index (χ3n) is 4.05. The van der Waals surface area contributed by atoms with Crippen LogP contribution in [0.15, 0.2) is 24.3 Å². The van der Waals surface area contributed by atoms with Gasteiger partial charge in [0, 0.05) is 0 Å². The van der Waals surface area contributed by atoms with Gasteiger partial charge in [-0.05, 0) is 37.1 Å². The average Bonchev–Trinajstić information content (AvgIpc) is 2.77. The molecule has 0 spiro atoms. The summed E-state index contributed by atoms with van der Waals surface area (Å²) in [7, 11) is 0. The van der Waals surface area contributed by atoms with Crippen LogP contribution in [0.2, 0.25) is 0 Å². The van der Waals surface area contributed by atoms with E-state index in [4.69, 9.17) is 5.26 Å². The van der Waals surface area contributed by atoms with E-state index in [1.165, 1.54) is 4.90 Å². The Morgan fingerprint density at radius 1 is 1.14 bits per heavy atom. The molecular weight excluding hydrogens is 278 g/mol. The molecule has 1 fully saturated rings. The second kappa shape index (κ2) is 6.61. The molecule has 1 aromatic carbocycles. The predicted octanol–water partition coefficient (Wildman–Crippen LogP) is 3.34. The lowest BCUT2D eigenvalue weighted by Crippen LogP contribution is -2.46. The smallest absolute Gasteiger partial charge is 0.323 e. The molecule has 1 aliphatic heterocycles. The lowest BCUT2D eigenvalue weighted by Gasteiger charge is -2.26. The highest BCUT2D eigenvalue weighted by atomic mass is 16.2. The standard InChI is InChI=1S/C17H21N3O2/c1-3-5-11-17(10-4-2)15(21)20(16(22)19-17)14-8-6-13(12-18)7-9-14/h6-9H,3-5,10-11H2,1-2H3,(H,19,22). The molecule has 1 N–H and O–H groups in total. The summed E-state index contributed by atoms with van der Waals surface area (Å²) in [6, 6.07) is 8.15. The maximum Gasteiger partial charge on any atom is 0.329 e. The molecule has 0 saturated carbocycles. The van der Waals surface area contributed by atoms with Crippen molar-refractivity contribution in [2.45, 2.75) is 51.5 Å². The zero-order valence-corrected chi connectivity index (χ0v) is 13.1. The van der Waals surface area contributed by atoms with Gasteiger partial charge in [-0.15, -0.1) is 0 Å². The molecule has 0 radical (unpaired) electrons. The zero-order chi connectivity index (χ0) is 16.2. The number of hydrogen-bond donors (Lipinski definition) is 1. The van der Waals surface area contributed by atoms with E-state index in [1.807, 2.05) is 13.0 Å². The van der Waals surface area contributed by atoms with Gasteiger partial charge in [0.1, 0.15) is 5.54 Å². The van der Waals surface area contributed by atoms with Crippen LogP contribution in [-0.4, -0.2) is 17.5 Å². The molecule has 0 bridgehead atoms. The van der Waals surface area contributed by atoms with E-state index in [-0.39, 0.29) is 11.9 Å². The molecule has 3 amide bonds. The number of carbonyl (C=O) groups is 2. The summed E-state index contributed by atoms with van der Waals surface area (Å²) in [6.45, 7) is 4.08. The van der Waals surface area contributed by atoms with Crippen LogP contribution in [0.1, 0.15) is 51.5 Å². The number of nitrogens with zero attached hydrogens (tertiary/aromatic N) is 2. The van der Waals surface area contributed by atoms with Crippen LogP contribution in [0.4, 0.5) is 10.5 Å². The summed E-state index contributed by atoms with van der Waals surface area (Å²) in [4.78, 5) is 26.4. The SMILES string of the molecule is CCCCC1(CCC)NC(=O)N(c2ccc(C#N)cc2)C1=O. The first-order valence-electron chi connectivity index (χ1n) is 7.75. The second-order valence-electron chi connectivity index (χ2n) is 5.67. The Kier molecular flexibility index (Phi) is 4.81. The lowest BCUT2D eigenvalue weighted by molar-refractivity contribution is -0.122. The van der Waals surface area contributed by atoms with Crippen molar-refractivity contribution in [3.63, 3.8) is 0 Å². The minimum atomic E-state index is -0.782. The van der Waals surface area contributed by atoms with Gasteiger partial charge in [0.25, 0.3) is 5.91 Å². The number of anilines is 1. The summed E-state index contributed by atoms with van der Waals surface area (Å²) < 4.78 is 0. The summed E-state index contributed by atoms with van der Waals surface area (Å²) in [5.74, 6) is -0.183. The molecule has 5 heteroatoms. The molecule has 116 valence electrons. The van der Waals surface area contributed by atoms with Crippen molar-refractivity contribution in [1.82, 2.24) is 5.32 Å². The third-order valence-corrected chi connectivity index (χ3v) is 4.05. The number of hydrogen-bond acceptors (Lipinski definition) is 3. The fourth-order valence-electron chi connectivity index (χ4n) is 2.91. The first-order chi connectivity index (χ1) is 10.6. The maximum atomic E-state index is 12.9. The third kappa shape index (κ3) is 2.82. The second-order valence-corrected chi connectivity index (χ2v) is 5.67. The summed E-state index contributed by atoms with van der Waals surface area (Å²) in [5.41, 5.74) is 0.230. The van der Waals surface area contributed by atoms with Gasteiger partial charge in [-0.1, -0.05) is 33.1 Å². The molecule has 1 heterocycles. The molecule has 0 aromatic heterocycles. The molecule has 1 aromatic rings. The molecule has 2 rings (SSSR count). The van der Waals surface area contributed by atoms with Crippen molar-refractivity contribution in [2.75, 3.05) is 4.90 Å². The predicted molar refractivity (Wildman–Crippen MR) is 84.3 cm³/mol. The number of nitriles is 1. The topological polar surface area (TPSA) is 73.2 Å². The number of rotatable bonds is 6. The maximum absolute atomic E-state index is 12.9. The lowest BCUT2D eigenvalue weighted by atomic mass is 9.88. The Morgan fingerprint density at radius 3 is 2.36 bits per heavy atom. The number of unbranched alkanes of at least 4 members (excludes halogenated alkanes) is 1. The van der Waals surface area contributed by atoms with Gasteiger partial charge < -0.3 is 5.32 Å². The molecule has 22 heavy (non-hydrogen) atoms. The fraction of sp³-hybridized carbons (Fsp3) is 0.471. The number of amides is 3. The number of imide groups is 1. The molecule has 5 nitrogen and oxygen atoms in total. The molecule has 1 atom stereocenters. The number of urea groups is 1. The molecule has 1 saturated heterocycles. The average molecular weight is 299 g/mol. The zero-order valence-electron chi connectivity index (χ0n) is 13.1. The van der Waals surface area contributed by atoms with E-state index < -0.39 is 5.54 Å². The van der Waals surface area contributed by atoms with E-state index in [2.05, 4.69) is 12.2 Å². The van der Waals surface area contributed by atoms with Gasteiger partial charge in [-0.2, -0.15) is 5.26 Å². The van der Waals surface area contributed by atoms with Gasteiger partial charge in [0.2, 0.25) is 0 Å². The fourth-order valence-corrected chi connectivity index (χ4v) is 2.91. The molecular formula is C17H21N3O2. The van der Waals surface area contributed by atoms with E-state index in [1.54, 1.807) is 24.3 Å². The van der Waals surface area contributed by atoms with Crippen LogP contribution >= 0.6 is 0 Å². The largest absolute Gasteiger partial charge is 0.329 e. The Morgan fingerprint density at radius 2 is 1.82 bits per heavy atom. The van der Waals surface area contributed by atoms with Crippen LogP contribution < -0.4 is 10.2 Å². The minimum Gasteiger partial charge on any atom is -0.323 e. The highest BCUT2D eigenvalue weighted by Crippen LogP contribution is 2.32. The van der Waals surface area contributed by atoms with Crippen molar-refractivity contribution in [3.05, 3.63) is 29.8 Å². The quantitative estimate of drug-likeness (QED) is 0.819. The number of nitrogens with one attached hydrogen (secondary N) is 1. The number of carbonyl (C=O) groups excluding carboxylic acids is 2. The Balaban J connectivity index is 2.31. The Hall–Kier alpha value is -2.35. The van der Waals surface area contributed by atoms with Crippen molar-refractivity contribution >= 4 is 17.6 Å². The minimum absolute atomic E-state index is 0.183. The van der Waals surface area contributed by atoms with Gasteiger partial charge in [0.05, 0.1) is 17.3 Å². The van der Waals surface area contributed by atoms with Gasteiger partial charge in [-0.25, -0.2) is 9.69 Å². The summed E-state index contributed by atoms with van der Waals surface area (Å²) >= 11 is 0. The highest BCUT2D eigenvalue weighted by Gasteiger charge is 2.50. The van der Waals surface area contributed by atoms with Crippen LogP contribution in [0.25, 0.3) is 0 Å². The Labute approximate surface area is 130 Å². The van der Waals surface area contributed by atoms with Gasteiger partial charge in [-0.3, -0.25) is 4.79 Å². The highest BCUT2D eigenvalue weighted by molar-refractivity contribution is 6.23. The molecule has 1 unspecified atom stereocenters. The van der Waals surface area contributed by atoms with Crippen LogP contribution in [0, 0.1) is 11.3 Å². The van der Waals surface area contributed by atoms with Crippen molar-refractivity contribution < 1.29 is 9.59 Å². The van der Waals surface area contributed by atoms with E-state index in [0.717, 1.165) is 19.3 Å². The van der Waals surface area contributed by atoms with Gasteiger partial charge >= 0.3 is 6.03 Å². The summed E-state index contributed by atoms with van der Waals surface area (Å²) in [5, 5.41) is 11.7. The van der Waals surface area contributed by atoms with Crippen LogP contribution in [0.3, 0.4) is 0 Å². The number of benzene rings is 1. The monoisotopic (exact) mass is 299 g/mol. The van der Waals surface area contributed by atoms with Crippen LogP contribution in [0.5, 0.6) is 0 Å². The summed E-state index contributed by atoms with van der Waals surface area (Å²) in [6.07, 6.45) is 4.01. The van der Waals surface area contributed by atoms with Crippen molar-refractivity contribution in [1.29, 1.82) is 5.26 Å². The molecule has 0 aliphatic carbocycles. The Bertz CT molecular complexity index is 603. The van der Waals surface area contributed by atoms with Gasteiger partial charge in [0.15, 0.2) is 0 Å². The molecule has 1 aliphatic rings. The van der Waals surface area contributed by atoms with Crippen molar-refractivity contribution in [2.24, 2.45) is 0 Å². The van der Waals surface area contributed by atoms with Crippen molar-refractivity contribution in [3.8, 4) is 6.07 Å².